The molecule has 0 amide bonds. The Morgan fingerprint density at radius 1 is 1.47 bits per heavy atom. The van der Waals surface area contributed by atoms with E-state index in [0.29, 0.717) is 12.4 Å². The van der Waals surface area contributed by atoms with Crippen molar-refractivity contribution in [1.29, 1.82) is 0 Å². The molecule has 0 saturated carbocycles. The van der Waals surface area contributed by atoms with Crippen molar-refractivity contribution in [3.63, 3.8) is 0 Å². The Morgan fingerprint density at radius 2 is 2.18 bits per heavy atom. The molecule has 0 aliphatic heterocycles. The third-order valence-electron chi connectivity index (χ3n) is 2.17. The quantitative estimate of drug-likeness (QED) is 0.878. The van der Waals surface area contributed by atoms with Crippen LogP contribution in [0.15, 0.2) is 29.3 Å². The summed E-state index contributed by atoms with van der Waals surface area (Å²) < 4.78 is 11.6. The molecule has 0 spiro atoms. The van der Waals surface area contributed by atoms with Crippen LogP contribution in [0, 0.1) is 0 Å². The zero-order chi connectivity index (χ0) is 12.8. The molecular weight excluding hydrogens is 282 g/mol. The highest BCUT2D eigenvalue weighted by molar-refractivity contribution is 9.11. The molecule has 94 valence electrons. The summed E-state index contributed by atoms with van der Waals surface area (Å²) in [6.45, 7) is 6.11. The zero-order valence-corrected chi connectivity index (χ0v) is 11.8. The van der Waals surface area contributed by atoms with E-state index in [1.165, 1.54) is 0 Å². The van der Waals surface area contributed by atoms with Crippen molar-refractivity contribution in [3.8, 4) is 11.5 Å². The van der Waals surface area contributed by atoms with Gasteiger partial charge in [-0.15, -0.1) is 0 Å². The van der Waals surface area contributed by atoms with Gasteiger partial charge in [0.1, 0.15) is 6.61 Å². The third kappa shape index (κ3) is 4.79. The second-order valence-electron chi connectivity index (χ2n) is 3.97. The molecule has 2 N–H and O–H groups in total. The van der Waals surface area contributed by atoms with Crippen LogP contribution in [0.4, 0.5) is 0 Å². The molecule has 0 radical (unpaired) electrons. The van der Waals surface area contributed by atoms with E-state index in [2.05, 4.69) is 22.5 Å². The van der Waals surface area contributed by atoms with E-state index in [4.69, 9.17) is 15.2 Å². The Labute approximate surface area is 111 Å². The van der Waals surface area contributed by atoms with Crippen LogP contribution in [-0.2, 0) is 6.42 Å². The average Bonchev–Trinajstić information content (AvgIpc) is 2.26. The summed E-state index contributed by atoms with van der Waals surface area (Å²) in [5.74, 6) is 1.43. The number of nitrogens with two attached hydrogens (primary N) is 1. The number of hydrogen-bond donors (Lipinski definition) is 1. The van der Waals surface area contributed by atoms with Gasteiger partial charge in [-0.2, -0.15) is 0 Å². The number of benzene rings is 1. The Kier molecular flexibility index (Phi) is 5.51. The summed E-state index contributed by atoms with van der Waals surface area (Å²) in [5.41, 5.74) is 6.90. The molecule has 0 aliphatic rings. The summed E-state index contributed by atoms with van der Waals surface area (Å²) in [6.07, 6.45) is 0.821. The van der Waals surface area contributed by atoms with E-state index in [0.717, 1.165) is 22.2 Å². The SMILES string of the molecule is C=C(Br)COc1ccc(CC(C)N)cc1OC. The minimum absolute atomic E-state index is 0.133. The van der Waals surface area contributed by atoms with Crippen LogP contribution in [0.5, 0.6) is 11.5 Å². The van der Waals surface area contributed by atoms with Crippen LogP contribution in [0.2, 0.25) is 0 Å². The van der Waals surface area contributed by atoms with E-state index >= 15 is 0 Å². The molecule has 0 aromatic heterocycles. The summed E-state index contributed by atoms with van der Waals surface area (Å²) >= 11 is 3.25. The monoisotopic (exact) mass is 299 g/mol. The summed E-state index contributed by atoms with van der Waals surface area (Å²) in [4.78, 5) is 0. The molecule has 1 rings (SSSR count). The predicted octanol–water partition coefficient (Wildman–Crippen LogP) is 2.87. The fraction of sp³-hybridized carbons (Fsp3) is 0.385. The van der Waals surface area contributed by atoms with Crippen LogP contribution in [0.1, 0.15) is 12.5 Å². The van der Waals surface area contributed by atoms with Gasteiger partial charge in [0.25, 0.3) is 0 Å². The van der Waals surface area contributed by atoms with E-state index in [1.807, 2.05) is 25.1 Å². The van der Waals surface area contributed by atoms with Gasteiger partial charge < -0.3 is 15.2 Å². The molecule has 0 aliphatic carbocycles. The largest absolute Gasteiger partial charge is 0.493 e. The van der Waals surface area contributed by atoms with Gasteiger partial charge in [-0.3, -0.25) is 0 Å². The van der Waals surface area contributed by atoms with Crippen LogP contribution >= 0.6 is 15.9 Å². The second-order valence-corrected chi connectivity index (χ2v) is 5.09. The molecular formula is C13H18BrNO2. The molecule has 1 atom stereocenters. The highest BCUT2D eigenvalue weighted by Crippen LogP contribution is 2.29. The van der Waals surface area contributed by atoms with Gasteiger partial charge in [0, 0.05) is 10.5 Å². The minimum atomic E-state index is 0.133. The first-order valence-electron chi connectivity index (χ1n) is 5.41. The summed E-state index contributed by atoms with van der Waals surface area (Å²) in [6, 6.07) is 5.98. The van der Waals surface area contributed by atoms with Gasteiger partial charge in [-0.1, -0.05) is 28.6 Å². The van der Waals surface area contributed by atoms with Gasteiger partial charge in [0.05, 0.1) is 7.11 Å². The standard InChI is InChI=1S/C13H18BrNO2/c1-9(14)8-17-12-5-4-11(6-10(2)15)7-13(12)16-3/h4-5,7,10H,1,6,8,15H2,2-3H3. The highest BCUT2D eigenvalue weighted by atomic mass is 79.9. The number of halogens is 1. The zero-order valence-electron chi connectivity index (χ0n) is 10.2. The van der Waals surface area contributed by atoms with Crippen LogP contribution < -0.4 is 15.2 Å². The van der Waals surface area contributed by atoms with E-state index in [1.54, 1.807) is 7.11 Å². The van der Waals surface area contributed by atoms with Crippen molar-refractivity contribution >= 4 is 15.9 Å². The lowest BCUT2D eigenvalue weighted by atomic mass is 10.1. The van der Waals surface area contributed by atoms with Crippen molar-refractivity contribution in [2.75, 3.05) is 13.7 Å². The first-order chi connectivity index (χ1) is 8.02. The maximum atomic E-state index is 5.76. The van der Waals surface area contributed by atoms with E-state index < -0.39 is 0 Å². The van der Waals surface area contributed by atoms with E-state index in [9.17, 15) is 0 Å². The van der Waals surface area contributed by atoms with Crippen LogP contribution in [0.3, 0.4) is 0 Å². The number of ether oxygens (including phenoxy) is 2. The number of rotatable bonds is 6. The topological polar surface area (TPSA) is 44.5 Å². The van der Waals surface area contributed by atoms with Crippen molar-refractivity contribution in [3.05, 3.63) is 34.8 Å². The van der Waals surface area contributed by atoms with Crippen LogP contribution in [-0.4, -0.2) is 19.8 Å². The fourth-order valence-corrected chi connectivity index (χ4v) is 1.60. The van der Waals surface area contributed by atoms with Gasteiger partial charge in [0.15, 0.2) is 11.5 Å². The lowest BCUT2D eigenvalue weighted by Crippen LogP contribution is -2.17. The normalized spacial score (nSPS) is 12.0. The predicted molar refractivity (Wildman–Crippen MR) is 73.9 cm³/mol. The Hall–Kier alpha value is -1.00. The average molecular weight is 300 g/mol. The Balaban J connectivity index is 2.81. The number of methoxy groups -OCH3 is 1. The van der Waals surface area contributed by atoms with Crippen molar-refractivity contribution in [1.82, 2.24) is 0 Å². The summed E-state index contributed by atoms with van der Waals surface area (Å²) in [7, 11) is 1.63. The van der Waals surface area contributed by atoms with Crippen LogP contribution in [0.25, 0.3) is 0 Å². The molecule has 4 heteroatoms. The smallest absolute Gasteiger partial charge is 0.161 e. The maximum Gasteiger partial charge on any atom is 0.161 e. The summed E-state index contributed by atoms with van der Waals surface area (Å²) in [5, 5.41) is 0. The lowest BCUT2D eigenvalue weighted by molar-refractivity contribution is 0.324. The lowest BCUT2D eigenvalue weighted by Gasteiger charge is -2.12. The minimum Gasteiger partial charge on any atom is -0.493 e. The van der Waals surface area contributed by atoms with Gasteiger partial charge >= 0.3 is 0 Å². The highest BCUT2D eigenvalue weighted by Gasteiger charge is 2.07. The molecule has 0 fully saturated rings. The molecule has 1 unspecified atom stereocenters. The van der Waals surface area contributed by atoms with Crippen molar-refractivity contribution in [2.45, 2.75) is 19.4 Å². The molecule has 0 bridgehead atoms. The number of hydrogen-bond acceptors (Lipinski definition) is 3. The molecule has 1 aromatic carbocycles. The molecule has 3 nitrogen and oxygen atoms in total. The molecule has 0 heterocycles. The van der Waals surface area contributed by atoms with Gasteiger partial charge in [-0.05, 0) is 31.0 Å². The van der Waals surface area contributed by atoms with Crippen molar-refractivity contribution in [2.24, 2.45) is 5.73 Å². The third-order valence-corrected chi connectivity index (χ3v) is 2.40. The second kappa shape index (κ2) is 6.67. The fourth-order valence-electron chi connectivity index (χ4n) is 1.49. The molecule has 17 heavy (non-hydrogen) atoms. The van der Waals surface area contributed by atoms with Crippen molar-refractivity contribution < 1.29 is 9.47 Å². The van der Waals surface area contributed by atoms with E-state index in [-0.39, 0.29) is 6.04 Å². The Morgan fingerprint density at radius 3 is 2.71 bits per heavy atom. The Bertz CT molecular complexity index is 391. The molecule has 1 aromatic rings. The first kappa shape index (κ1) is 14.1. The molecule has 0 saturated heterocycles. The van der Waals surface area contributed by atoms with Gasteiger partial charge in [0.2, 0.25) is 0 Å². The van der Waals surface area contributed by atoms with Gasteiger partial charge in [-0.25, -0.2) is 0 Å². The maximum absolute atomic E-state index is 5.76. The first-order valence-corrected chi connectivity index (χ1v) is 6.20.